The first-order chi connectivity index (χ1) is 9.20. The van der Waals surface area contributed by atoms with E-state index < -0.39 is 0 Å². The highest BCUT2D eigenvalue weighted by Gasteiger charge is 2.10. The molecule has 0 aliphatic heterocycles. The first kappa shape index (κ1) is 14.0. The van der Waals surface area contributed by atoms with E-state index >= 15 is 0 Å². The van der Waals surface area contributed by atoms with Crippen molar-refractivity contribution in [1.82, 2.24) is 14.7 Å². The Bertz CT molecular complexity index is 513. The first-order valence-electron chi connectivity index (χ1n) is 6.33. The Kier molecular flexibility index (Phi) is 4.93. The van der Waals surface area contributed by atoms with E-state index in [0.717, 1.165) is 19.6 Å². The third-order valence-corrected chi connectivity index (χ3v) is 3.37. The summed E-state index contributed by atoms with van der Waals surface area (Å²) in [6, 6.07) is 7.02. The highest BCUT2D eigenvalue weighted by molar-refractivity contribution is 6.30. The molecule has 0 unspecified atom stereocenters. The van der Waals surface area contributed by atoms with E-state index in [1.165, 1.54) is 0 Å². The van der Waals surface area contributed by atoms with Gasteiger partial charge in [0, 0.05) is 31.0 Å². The number of nitrogens with zero attached hydrogens (tertiary/aromatic N) is 3. The van der Waals surface area contributed by atoms with Crippen LogP contribution in [0, 0.1) is 5.82 Å². The van der Waals surface area contributed by atoms with Crippen molar-refractivity contribution in [3.05, 3.63) is 53.1 Å². The van der Waals surface area contributed by atoms with Crippen LogP contribution in [0.5, 0.6) is 0 Å². The molecule has 19 heavy (non-hydrogen) atoms. The Hall–Kier alpha value is -1.39. The molecule has 0 fully saturated rings. The van der Waals surface area contributed by atoms with Crippen LogP contribution in [-0.4, -0.2) is 27.8 Å². The minimum Gasteiger partial charge on any atom is -0.297 e. The molecule has 0 saturated heterocycles. The van der Waals surface area contributed by atoms with Crippen LogP contribution in [0.1, 0.15) is 12.5 Å². The van der Waals surface area contributed by atoms with Crippen molar-refractivity contribution in [2.75, 3.05) is 13.1 Å². The van der Waals surface area contributed by atoms with E-state index in [2.05, 4.69) is 16.9 Å². The van der Waals surface area contributed by atoms with Crippen molar-refractivity contribution in [3.63, 3.8) is 0 Å². The molecular weight excluding hydrogens is 265 g/mol. The van der Waals surface area contributed by atoms with E-state index in [1.54, 1.807) is 24.4 Å². The van der Waals surface area contributed by atoms with Crippen LogP contribution in [0.15, 0.2) is 36.7 Å². The Morgan fingerprint density at radius 2 is 2.21 bits per heavy atom. The standard InChI is InChI=1S/C14H17ClFN3/c1-2-18(9-10-19-8-4-7-17-19)11-12-5-3-6-13(15)14(12)16/h3-8H,2,9-11H2,1H3. The second-order valence-electron chi connectivity index (χ2n) is 4.35. The lowest BCUT2D eigenvalue weighted by Gasteiger charge is -2.20. The summed E-state index contributed by atoms with van der Waals surface area (Å²) in [7, 11) is 0. The van der Waals surface area contributed by atoms with Gasteiger partial charge in [0.1, 0.15) is 5.82 Å². The average Bonchev–Trinajstić information content (AvgIpc) is 2.92. The molecule has 0 N–H and O–H groups in total. The number of aromatic nitrogens is 2. The number of halogens is 2. The van der Waals surface area contributed by atoms with Crippen molar-refractivity contribution in [3.8, 4) is 0 Å². The van der Waals surface area contributed by atoms with Crippen LogP contribution in [0.4, 0.5) is 4.39 Å². The van der Waals surface area contributed by atoms with Crippen LogP contribution in [0.3, 0.4) is 0 Å². The molecular formula is C14H17ClFN3. The van der Waals surface area contributed by atoms with Crippen molar-refractivity contribution < 1.29 is 4.39 Å². The lowest BCUT2D eigenvalue weighted by atomic mass is 10.2. The number of hydrogen-bond acceptors (Lipinski definition) is 2. The predicted molar refractivity (Wildman–Crippen MR) is 74.6 cm³/mol. The smallest absolute Gasteiger partial charge is 0.146 e. The van der Waals surface area contributed by atoms with Crippen LogP contribution >= 0.6 is 11.6 Å². The molecule has 5 heteroatoms. The topological polar surface area (TPSA) is 21.1 Å². The molecule has 1 aromatic carbocycles. The van der Waals surface area contributed by atoms with Crippen molar-refractivity contribution >= 4 is 11.6 Å². The average molecular weight is 282 g/mol. The molecule has 0 spiro atoms. The minimum atomic E-state index is -0.318. The maximum absolute atomic E-state index is 13.8. The molecule has 102 valence electrons. The zero-order valence-corrected chi connectivity index (χ0v) is 11.6. The highest BCUT2D eigenvalue weighted by Crippen LogP contribution is 2.19. The Labute approximate surface area is 117 Å². The summed E-state index contributed by atoms with van der Waals surface area (Å²) in [5, 5.41) is 4.34. The Morgan fingerprint density at radius 3 is 2.89 bits per heavy atom. The fraction of sp³-hybridized carbons (Fsp3) is 0.357. The molecule has 3 nitrogen and oxygen atoms in total. The van der Waals surface area contributed by atoms with E-state index in [1.807, 2.05) is 16.9 Å². The second-order valence-corrected chi connectivity index (χ2v) is 4.76. The van der Waals surface area contributed by atoms with Gasteiger partial charge >= 0.3 is 0 Å². The first-order valence-corrected chi connectivity index (χ1v) is 6.71. The zero-order chi connectivity index (χ0) is 13.7. The van der Waals surface area contributed by atoms with Crippen molar-refractivity contribution in [2.24, 2.45) is 0 Å². The summed E-state index contributed by atoms with van der Waals surface area (Å²) in [6.07, 6.45) is 3.68. The fourth-order valence-electron chi connectivity index (χ4n) is 1.94. The van der Waals surface area contributed by atoms with E-state index in [0.29, 0.717) is 12.1 Å². The maximum atomic E-state index is 13.8. The minimum absolute atomic E-state index is 0.181. The number of benzene rings is 1. The Balaban J connectivity index is 1.96. The summed E-state index contributed by atoms with van der Waals surface area (Å²) in [6.45, 7) is 5.09. The quantitative estimate of drug-likeness (QED) is 0.811. The predicted octanol–water partition coefficient (Wildman–Crippen LogP) is 3.20. The summed E-state index contributed by atoms with van der Waals surface area (Å²) >= 11 is 5.79. The number of rotatable bonds is 6. The van der Waals surface area contributed by atoms with Gasteiger partial charge in [-0.3, -0.25) is 9.58 Å². The van der Waals surface area contributed by atoms with Gasteiger partial charge in [0.2, 0.25) is 0 Å². The SMILES string of the molecule is CCN(CCn1cccn1)Cc1cccc(Cl)c1F. The monoisotopic (exact) mass is 281 g/mol. The van der Waals surface area contributed by atoms with Crippen LogP contribution < -0.4 is 0 Å². The lowest BCUT2D eigenvalue weighted by Crippen LogP contribution is -2.27. The zero-order valence-electron chi connectivity index (χ0n) is 10.9. The lowest BCUT2D eigenvalue weighted by molar-refractivity contribution is 0.260. The van der Waals surface area contributed by atoms with Gasteiger partial charge in [0.15, 0.2) is 0 Å². The molecule has 0 amide bonds. The molecule has 0 aliphatic rings. The van der Waals surface area contributed by atoms with Crippen LogP contribution in [0.2, 0.25) is 5.02 Å². The van der Waals surface area contributed by atoms with Crippen LogP contribution in [-0.2, 0) is 13.1 Å². The van der Waals surface area contributed by atoms with Gasteiger partial charge in [-0.1, -0.05) is 30.7 Å². The number of likely N-dealkylation sites (N-methyl/N-ethyl adjacent to an activating group) is 1. The molecule has 2 rings (SSSR count). The van der Waals surface area contributed by atoms with E-state index in [4.69, 9.17) is 11.6 Å². The number of hydrogen-bond donors (Lipinski definition) is 0. The molecule has 0 radical (unpaired) electrons. The molecule has 1 heterocycles. The van der Waals surface area contributed by atoms with E-state index in [-0.39, 0.29) is 10.8 Å². The normalized spacial score (nSPS) is 11.2. The highest BCUT2D eigenvalue weighted by atomic mass is 35.5. The molecule has 0 saturated carbocycles. The largest absolute Gasteiger partial charge is 0.297 e. The summed E-state index contributed by atoms with van der Waals surface area (Å²) < 4.78 is 15.7. The molecule has 0 bridgehead atoms. The van der Waals surface area contributed by atoms with Crippen molar-refractivity contribution in [2.45, 2.75) is 20.0 Å². The van der Waals surface area contributed by atoms with Gasteiger partial charge < -0.3 is 0 Å². The molecule has 0 atom stereocenters. The Morgan fingerprint density at radius 1 is 1.37 bits per heavy atom. The molecule has 1 aromatic heterocycles. The molecule has 2 aromatic rings. The van der Waals surface area contributed by atoms with Crippen LogP contribution in [0.25, 0.3) is 0 Å². The van der Waals surface area contributed by atoms with Gasteiger partial charge in [-0.25, -0.2) is 4.39 Å². The van der Waals surface area contributed by atoms with Gasteiger partial charge in [0.05, 0.1) is 11.6 Å². The van der Waals surface area contributed by atoms with Gasteiger partial charge in [-0.2, -0.15) is 5.10 Å². The second kappa shape index (κ2) is 6.68. The fourth-order valence-corrected chi connectivity index (χ4v) is 2.13. The van der Waals surface area contributed by atoms with Gasteiger partial charge in [0.25, 0.3) is 0 Å². The summed E-state index contributed by atoms with van der Waals surface area (Å²) in [4.78, 5) is 2.16. The van der Waals surface area contributed by atoms with Gasteiger partial charge in [-0.15, -0.1) is 0 Å². The summed E-state index contributed by atoms with van der Waals surface area (Å²) in [5.74, 6) is -0.318. The third-order valence-electron chi connectivity index (χ3n) is 3.08. The van der Waals surface area contributed by atoms with Crippen molar-refractivity contribution in [1.29, 1.82) is 0 Å². The summed E-state index contributed by atoms with van der Waals surface area (Å²) in [5.41, 5.74) is 0.634. The van der Waals surface area contributed by atoms with E-state index in [9.17, 15) is 4.39 Å². The molecule has 0 aliphatic carbocycles. The van der Waals surface area contributed by atoms with Gasteiger partial charge in [-0.05, 0) is 18.7 Å². The maximum Gasteiger partial charge on any atom is 0.146 e. The third kappa shape index (κ3) is 3.78.